The van der Waals surface area contributed by atoms with E-state index in [0.29, 0.717) is 11.5 Å². The highest BCUT2D eigenvalue weighted by Gasteiger charge is 2.19. The minimum absolute atomic E-state index is 0.453. The number of aryl methyl sites for hydroxylation is 1. The summed E-state index contributed by atoms with van der Waals surface area (Å²) in [6.07, 6.45) is 3.35. The third-order valence-corrected chi connectivity index (χ3v) is 5.44. The number of H-pyrrole nitrogens is 1. The Labute approximate surface area is 190 Å². The first kappa shape index (κ1) is 20.3. The SMILES string of the molecule is Cc1cccc(-c2[nH]c(N(C)c3ccc(C(N)=O)cc3)nc2-c2ccc3nccnc3c2)n1. The van der Waals surface area contributed by atoms with Crippen LogP contribution in [-0.2, 0) is 0 Å². The number of carbonyl (C=O) groups is 1. The Bertz CT molecular complexity index is 1470. The van der Waals surface area contributed by atoms with Crippen LogP contribution in [0.3, 0.4) is 0 Å². The molecule has 0 aliphatic heterocycles. The number of amides is 1. The van der Waals surface area contributed by atoms with Gasteiger partial charge in [-0.25, -0.2) is 4.98 Å². The Balaban J connectivity index is 1.63. The minimum atomic E-state index is -0.461. The summed E-state index contributed by atoms with van der Waals surface area (Å²) in [5.74, 6) is 0.172. The van der Waals surface area contributed by atoms with Gasteiger partial charge in [0.05, 0.1) is 22.4 Å². The van der Waals surface area contributed by atoms with Crippen LogP contribution in [0.2, 0.25) is 0 Å². The molecule has 0 unspecified atom stereocenters. The van der Waals surface area contributed by atoms with Crippen LogP contribution in [0.4, 0.5) is 11.6 Å². The second kappa shape index (κ2) is 8.16. The van der Waals surface area contributed by atoms with Gasteiger partial charge in [-0.1, -0.05) is 12.1 Å². The van der Waals surface area contributed by atoms with Crippen LogP contribution in [0.1, 0.15) is 16.1 Å². The van der Waals surface area contributed by atoms with E-state index in [4.69, 9.17) is 15.7 Å². The van der Waals surface area contributed by atoms with Crippen LogP contribution in [0.15, 0.2) is 73.1 Å². The normalized spacial score (nSPS) is 11.0. The van der Waals surface area contributed by atoms with E-state index >= 15 is 0 Å². The molecule has 0 aliphatic rings. The van der Waals surface area contributed by atoms with E-state index in [1.807, 2.05) is 67.4 Å². The molecule has 5 rings (SSSR count). The summed E-state index contributed by atoms with van der Waals surface area (Å²) in [4.78, 5) is 35.2. The first-order valence-electron chi connectivity index (χ1n) is 10.4. The maximum absolute atomic E-state index is 11.4. The number of nitrogens with two attached hydrogens (primary N) is 1. The van der Waals surface area contributed by atoms with Gasteiger partial charge in [0.25, 0.3) is 0 Å². The number of benzene rings is 2. The second-order valence-electron chi connectivity index (χ2n) is 7.68. The third kappa shape index (κ3) is 3.89. The number of anilines is 2. The summed E-state index contributed by atoms with van der Waals surface area (Å²) in [6.45, 7) is 1.96. The molecule has 0 spiro atoms. The molecule has 0 aliphatic carbocycles. The van der Waals surface area contributed by atoms with Gasteiger partial charge < -0.3 is 15.6 Å². The van der Waals surface area contributed by atoms with Crippen LogP contribution in [0, 0.1) is 6.92 Å². The van der Waals surface area contributed by atoms with Crippen molar-refractivity contribution in [3.8, 4) is 22.6 Å². The van der Waals surface area contributed by atoms with Gasteiger partial charge in [0.15, 0.2) is 0 Å². The summed E-state index contributed by atoms with van der Waals surface area (Å²) in [6, 6.07) is 18.8. The molecule has 8 nitrogen and oxygen atoms in total. The highest BCUT2D eigenvalue weighted by Crippen LogP contribution is 2.34. The van der Waals surface area contributed by atoms with Gasteiger partial charge in [0, 0.05) is 41.9 Å². The zero-order chi connectivity index (χ0) is 22.9. The van der Waals surface area contributed by atoms with Gasteiger partial charge >= 0.3 is 0 Å². The van der Waals surface area contributed by atoms with E-state index in [-0.39, 0.29) is 0 Å². The maximum atomic E-state index is 11.4. The van der Waals surface area contributed by atoms with Crippen LogP contribution in [0.5, 0.6) is 0 Å². The molecule has 0 saturated carbocycles. The number of rotatable bonds is 5. The van der Waals surface area contributed by atoms with E-state index in [1.165, 1.54) is 0 Å². The van der Waals surface area contributed by atoms with Gasteiger partial charge in [0.2, 0.25) is 11.9 Å². The van der Waals surface area contributed by atoms with E-state index in [2.05, 4.69) is 15.0 Å². The van der Waals surface area contributed by atoms with Crippen molar-refractivity contribution in [1.29, 1.82) is 0 Å². The van der Waals surface area contributed by atoms with Crippen LogP contribution in [-0.4, -0.2) is 37.9 Å². The molecular formula is C25H21N7O. The molecule has 1 amide bonds. The molecule has 0 radical (unpaired) electrons. The first-order valence-corrected chi connectivity index (χ1v) is 10.4. The molecule has 3 aromatic heterocycles. The molecule has 162 valence electrons. The summed E-state index contributed by atoms with van der Waals surface area (Å²) in [5.41, 5.74) is 12.5. The lowest BCUT2D eigenvalue weighted by molar-refractivity contribution is 0.100. The average Bonchev–Trinajstić information content (AvgIpc) is 3.29. The van der Waals surface area contributed by atoms with E-state index in [9.17, 15) is 4.79 Å². The van der Waals surface area contributed by atoms with Gasteiger partial charge in [-0.3, -0.25) is 19.7 Å². The summed E-state index contributed by atoms with van der Waals surface area (Å²) >= 11 is 0. The number of hydrogen-bond donors (Lipinski definition) is 2. The predicted octanol–water partition coefficient (Wildman–Crippen LogP) is 4.26. The average molecular weight is 435 g/mol. The number of imidazole rings is 1. The monoisotopic (exact) mass is 435 g/mol. The van der Waals surface area contributed by atoms with Crippen LogP contribution in [0.25, 0.3) is 33.7 Å². The van der Waals surface area contributed by atoms with Gasteiger partial charge in [-0.15, -0.1) is 0 Å². The fourth-order valence-corrected chi connectivity index (χ4v) is 3.68. The zero-order valence-electron chi connectivity index (χ0n) is 18.1. The quantitative estimate of drug-likeness (QED) is 0.426. The number of pyridine rings is 1. The number of nitrogens with one attached hydrogen (secondary N) is 1. The number of carbonyl (C=O) groups excluding carboxylic acids is 1. The number of hydrogen-bond acceptors (Lipinski definition) is 6. The van der Waals surface area contributed by atoms with Crippen LogP contribution < -0.4 is 10.6 Å². The summed E-state index contributed by atoms with van der Waals surface area (Å²) < 4.78 is 0. The van der Waals surface area contributed by atoms with Crippen molar-refractivity contribution in [2.75, 3.05) is 11.9 Å². The third-order valence-electron chi connectivity index (χ3n) is 5.44. The number of aromatic nitrogens is 5. The molecule has 2 aromatic carbocycles. The number of fused-ring (bicyclic) bond motifs is 1. The van der Waals surface area contributed by atoms with Crippen molar-refractivity contribution < 1.29 is 4.79 Å². The number of primary amides is 1. The number of nitrogens with zero attached hydrogens (tertiary/aromatic N) is 5. The molecule has 8 heteroatoms. The molecule has 3 heterocycles. The minimum Gasteiger partial charge on any atom is -0.366 e. The first-order chi connectivity index (χ1) is 16.0. The van der Waals surface area contributed by atoms with E-state index in [1.54, 1.807) is 24.5 Å². The zero-order valence-corrected chi connectivity index (χ0v) is 18.1. The van der Waals surface area contributed by atoms with Crippen molar-refractivity contribution >= 4 is 28.6 Å². The maximum Gasteiger partial charge on any atom is 0.248 e. The summed E-state index contributed by atoms with van der Waals surface area (Å²) in [7, 11) is 1.90. The molecule has 3 N–H and O–H groups in total. The van der Waals surface area contributed by atoms with Crippen molar-refractivity contribution in [2.45, 2.75) is 6.92 Å². The molecule has 0 saturated heterocycles. The summed E-state index contributed by atoms with van der Waals surface area (Å²) in [5, 5.41) is 0. The largest absolute Gasteiger partial charge is 0.366 e. The van der Waals surface area contributed by atoms with Gasteiger partial charge in [0.1, 0.15) is 5.69 Å². The Morgan fingerprint density at radius 3 is 2.42 bits per heavy atom. The van der Waals surface area contributed by atoms with Crippen LogP contribution >= 0.6 is 0 Å². The molecular weight excluding hydrogens is 414 g/mol. The highest BCUT2D eigenvalue weighted by molar-refractivity contribution is 5.93. The van der Waals surface area contributed by atoms with Gasteiger partial charge in [-0.05, 0) is 55.5 Å². The van der Waals surface area contributed by atoms with Crippen molar-refractivity contribution in [1.82, 2.24) is 24.9 Å². The smallest absolute Gasteiger partial charge is 0.248 e. The lowest BCUT2D eigenvalue weighted by Gasteiger charge is -2.16. The van der Waals surface area contributed by atoms with Crippen molar-refractivity contribution in [3.63, 3.8) is 0 Å². The predicted molar refractivity (Wildman–Crippen MR) is 128 cm³/mol. The van der Waals surface area contributed by atoms with E-state index < -0.39 is 5.91 Å². The number of aromatic amines is 1. The Kier molecular flexibility index (Phi) is 5.02. The highest BCUT2D eigenvalue weighted by atomic mass is 16.1. The Morgan fingerprint density at radius 1 is 0.939 bits per heavy atom. The van der Waals surface area contributed by atoms with Crippen molar-refractivity contribution in [3.05, 3.63) is 84.3 Å². The fraction of sp³-hybridized carbons (Fsp3) is 0.0800. The lowest BCUT2D eigenvalue weighted by atomic mass is 10.1. The second-order valence-corrected chi connectivity index (χ2v) is 7.68. The lowest BCUT2D eigenvalue weighted by Crippen LogP contribution is -2.13. The molecule has 5 aromatic rings. The van der Waals surface area contributed by atoms with Gasteiger partial charge in [-0.2, -0.15) is 0 Å². The standard InChI is InChI=1S/C25H21N7O/c1-15-4-3-5-20(29-15)23-22(17-8-11-19-21(14-17)28-13-12-27-19)30-25(31-23)32(2)18-9-6-16(7-10-18)24(26)33/h3-14H,1-2H3,(H2,26,33)(H,30,31). The Hall–Kier alpha value is -4.59. The topological polar surface area (TPSA) is 114 Å². The molecule has 0 bridgehead atoms. The Morgan fingerprint density at radius 2 is 1.70 bits per heavy atom. The molecule has 0 atom stereocenters. The van der Waals surface area contributed by atoms with E-state index in [0.717, 1.165) is 45.1 Å². The van der Waals surface area contributed by atoms with Crippen molar-refractivity contribution in [2.24, 2.45) is 5.73 Å². The fourth-order valence-electron chi connectivity index (χ4n) is 3.68. The molecule has 0 fully saturated rings. The molecule has 33 heavy (non-hydrogen) atoms.